The summed E-state index contributed by atoms with van der Waals surface area (Å²) in [5.41, 5.74) is 7.29. The van der Waals surface area contributed by atoms with E-state index < -0.39 is 17.9 Å². The number of carbonyl (C=O) groups is 1. The first-order valence-corrected chi connectivity index (χ1v) is 11.1. The maximum absolute atomic E-state index is 14.2. The largest absolute Gasteiger partial charge is 0.369 e. The molecule has 7 heteroatoms. The van der Waals surface area contributed by atoms with Crippen molar-refractivity contribution in [2.75, 3.05) is 0 Å². The molecular weight excluding hydrogens is 446 g/mol. The fraction of sp³-hybridized carbons (Fsp3) is 0.107. The third kappa shape index (κ3) is 3.85. The summed E-state index contributed by atoms with van der Waals surface area (Å²) in [7, 11) is 0. The van der Waals surface area contributed by atoms with E-state index in [0.29, 0.717) is 11.2 Å². The van der Waals surface area contributed by atoms with Crippen molar-refractivity contribution in [2.24, 2.45) is 5.73 Å². The standard InChI is InChI=1S/C28H22F2N4O/c29-27(30)26-23-18-32-22(17-25(31)35)16-24(23)34(33-26)28(19-10-4-1-5-11-19,20-12-6-2-7-13-20)21-14-8-3-9-15-21/h1-16,18,27H,17H2,(H2,31,35). The molecule has 0 unspecified atom stereocenters. The number of amides is 1. The van der Waals surface area contributed by atoms with Crippen molar-refractivity contribution in [3.63, 3.8) is 0 Å². The number of fused-ring (bicyclic) bond motifs is 1. The molecule has 0 spiro atoms. The van der Waals surface area contributed by atoms with Gasteiger partial charge in [-0.2, -0.15) is 5.10 Å². The van der Waals surface area contributed by atoms with E-state index in [4.69, 9.17) is 5.73 Å². The van der Waals surface area contributed by atoms with Crippen LogP contribution in [-0.4, -0.2) is 20.7 Å². The maximum Gasteiger partial charge on any atom is 0.282 e. The van der Waals surface area contributed by atoms with Gasteiger partial charge < -0.3 is 5.73 Å². The quantitative estimate of drug-likeness (QED) is 0.332. The molecular formula is C28H22F2N4O. The van der Waals surface area contributed by atoms with Crippen molar-refractivity contribution in [2.45, 2.75) is 18.4 Å². The first-order chi connectivity index (χ1) is 17.0. The minimum atomic E-state index is -2.82. The highest BCUT2D eigenvalue weighted by atomic mass is 19.3. The second kappa shape index (κ2) is 9.10. The highest BCUT2D eigenvalue weighted by Crippen LogP contribution is 2.43. The van der Waals surface area contributed by atoms with Gasteiger partial charge in [-0.15, -0.1) is 0 Å². The molecule has 174 valence electrons. The summed E-state index contributed by atoms with van der Waals surface area (Å²) in [5.74, 6) is -0.558. The number of benzene rings is 3. The molecule has 35 heavy (non-hydrogen) atoms. The van der Waals surface area contributed by atoms with Crippen molar-refractivity contribution in [3.8, 4) is 0 Å². The highest BCUT2D eigenvalue weighted by molar-refractivity contribution is 5.84. The zero-order chi connectivity index (χ0) is 24.4. The number of nitrogens with zero attached hydrogens (tertiary/aromatic N) is 3. The average Bonchev–Trinajstić information content (AvgIpc) is 3.26. The van der Waals surface area contributed by atoms with E-state index in [1.807, 2.05) is 91.0 Å². The topological polar surface area (TPSA) is 73.8 Å². The molecule has 0 aliphatic carbocycles. The Bertz CT molecular complexity index is 1370. The SMILES string of the molecule is NC(=O)Cc1cc2c(cn1)c(C(F)F)nn2C(c1ccccc1)(c1ccccc1)c1ccccc1. The van der Waals surface area contributed by atoms with E-state index in [1.54, 1.807) is 10.7 Å². The average molecular weight is 469 g/mol. The third-order valence-corrected chi connectivity index (χ3v) is 6.11. The predicted octanol–water partition coefficient (Wildman–Crippen LogP) is 5.24. The number of carbonyl (C=O) groups excluding carboxylic acids is 1. The monoisotopic (exact) mass is 468 g/mol. The van der Waals surface area contributed by atoms with Crippen LogP contribution in [0.1, 0.15) is 34.5 Å². The van der Waals surface area contributed by atoms with E-state index in [2.05, 4.69) is 10.1 Å². The van der Waals surface area contributed by atoms with Crippen molar-refractivity contribution in [1.29, 1.82) is 0 Å². The number of alkyl halides is 2. The molecule has 2 aromatic heterocycles. The van der Waals surface area contributed by atoms with E-state index in [0.717, 1.165) is 16.7 Å². The fourth-order valence-corrected chi connectivity index (χ4v) is 4.67. The number of aromatic nitrogens is 3. The minimum absolute atomic E-state index is 0.111. The van der Waals surface area contributed by atoms with Gasteiger partial charge in [0.05, 0.1) is 17.6 Å². The molecule has 0 radical (unpaired) electrons. The first-order valence-electron chi connectivity index (χ1n) is 11.1. The summed E-state index contributed by atoms with van der Waals surface area (Å²) >= 11 is 0. The van der Waals surface area contributed by atoms with Crippen LogP contribution >= 0.6 is 0 Å². The number of rotatable bonds is 7. The van der Waals surface area contributed by atoms with Crippen molar-refractivity contribution in [1.82, 2.24) is 14.8 Å². The molecule has 0 aliphatic heterocycles. The molecule has 0 fully saturated rings. The van der Waals surface area contributed by atoms with Crippen LogP contribution in [0.3, 0.4) is 0 Å². The Morgan fingerprint density at radius 1 is 0.857 bits per heavy atom. The molecule has 0 saturated carbocycles. The predicted molar refractivity (Wildman–Crippen MR) is 130 cm³/mol. The Morgan fingerprint density at radius 2 is 1.34 bits per heavy atom. The Hall–Kier alpha value is -4.39. The number of pyridine rings is 1. The van der Waals surface area contributed by atoms with Gasteiger partial charge in [0.15, 0.2) is 0 Å². The minimum Gasteiger partial charge on any atom is -0.369 e. The van der Waals surface area contributed by atoms with E-state index in [1.165, 1.54) is 6.20 Å². The number of nitrogens with two attached hydrogens (primary N) is 1. The summed E-state index contributed by atoms with van der Waals surface area (Å²) in [6.45, 7) is 0. The molecule has 0 aliphatic rings. The van der Waals surface area contributed by atoms with Crippen LogP contribution < -0.4 is 5.73 Å². The van der Waals surface area contributed by atoms with Gasteiger partial charge in [0, 0.05) is 11.6 Å². The Kier molecular flexibility index (Phi) is 5.82. The van der Waals surface area contributed by atoms with Gasteiger partial charge in [0.1, 0.15) is 11.2 Å². The Morgan fingerprint density at radius 3 is 1.77 bits per heavy atom. The maximum atomic E-state index is 14.2. The smallest absolute Gasteiger partial charge is 0.282 e. The van der Waals surface area contributed by atoms with Crippen molar-refractivity contribution < 1.29 is 13.6 Å². The summed E-state index contributed by atoms with van der Waals surface area (Å²) in [5, 5.41) is 4.74. The Balaban J connectivity index is 1.96. The zero-order valence-electron chi connectivity index (χ0n) is 18.7. The second-order valence-corrected chi connectivity index (χ2v) is 8.24. The normalized spacial score (nSPS) is 11.7. The molecule has 5 aromatic rings. The number of hydrogen-bond acceptors (Lipinski definition) is 3. The van der Waals surface area contributed by atoms with Crippen LogP contribution in [0.5, 0.6) is 0 Å². The van der Waals surface area contributed by atoms with Gasteiger partial charge >= 0.3 is 0 Å². The zero-order valence-corrected chi connectivity index (χ0v) is 18.7. The van der Waals surface area contributed by atoms with Gasteiger partial charge in [-0.3, -0.25) is 9.78 Å². The lowest BCUT2D eigenvalue weighted by molar-refractivity contribution is -0.117. The van der Waals surface area contributed by atoms with Crippen molar-refractivity contribution >= 4 is 16.8 Å². The summed E-state index contributed by atoms with van der Waals surface area (Å²) in [6, 6.07) is 30.6. The lowest BCUT2D eigenvalue weighted by Gasteiger charge is -2.37. The van der Waals surface area contributed by atoms with E-state index in [9.17, 15) is 13.6 Å². The highest BCUT2D eigenvalue weighted by Gasteiger charge is 2.41. The molecule has 5 nitrogen and oxygen atoms in total. The number of hydrogen-bond donors (Lipinski definition) is 1. The second-order valence-electron chi connectivity index (χ2n) is 8.24. The van der Waals surface area contributed by atoms with Gasteiger partial charge in [-0.25, -0.2) is 13.5 Å². The van der Waals surface area contributed by atoms with Crippen LogP contribution in [0, 0.1) is 0 Å². The van der Waals surface area contributed by atoms with Gasteiger partial charge in [0.25, 0.3) is 6.43 Å². The molecule has 3 aromatic carbocycles. The molecule has 0 bridgehead atoms. The van der Waals surface area contributed by atoms with E-state index >= 15 is 0 Å². The fourth-order valence-electron chi connectivity index (χ4n) is 4.67. The van der Waals surface area contributed by atoms with Gasteiger partial charge in [-0.1, -0.05) is 91.0 Å². The summed E-state index contributed by atoms with van der Waals surface area (Å²) in [4.78, 5) is 15.8. The molecule has 0 saturated heterocycles. The molecule has 0 atom stereocenters. The van der Waals surface area contributed by atoms with E-state index in [-0.39, 0.29) is 17.5 Å². The molecule has 2 heterocycles. The lowest BCUT2D eigenvalue weighted by atomic mass is 9.77. The van der Waals surface area contributed by atoms with Crippen LogP contribution in [0.15, 0.2) is 103 Å². The van der Waals surface area contributed by atoms with Gasteiger partial charge in [0.2, 0.25) is 5.91 Å². The first kappa shape index (κ1) is 22.4. The van der Waals surface area contributed by atoms with Crippen LogP contribution in [-0.2, 0) is 16.8 Å². The summed E-state index contributed by atoms with van der Waals surface area (Å²) in [6.07, 6.45) is -1.58. The number of halogens is 2. The lowest BCUT2D eigenvalue weighted by Crippen LogP contribution is -2.38. The Labute approximate surface area is 200 Å². The third-order valence-electron chi connectivity index (χ3n) is 6.11. The number of primary amides is 1. The van der Waals surface area contributed by atoms with Crippen LogP contribution in [0.2, 0.25) is 0 Å². The molecule has 5 rings (SSSR count). The van der Waals surface area contributed by atoms with Crippen molar-refractivity contribution in [3.05, 3.63) is 131 Å². The summed E-state index contributed by atoms with van der Waals surface area (Å²) < 4.78 is 30.1. The molecule has 1 amide bonds. The van der Waals surface area contributed by atoms with Crippen LogP contribution in [0.25, 0.3) is 10.9 Å². The van der Waals surface area contributed by atoms with Crippen LogP contribution in [0.4, 0.5) is 8.78 Å². The van der Waals surface area contributed by atoms with Gasteiger partial charge in [-0.05, 0) is 22.8 Å². The molecule has 2 N–H and O–H groups in total.